The Hall–Kier alpha value is -3.02. The first-order chi connectivity index (χ1) is 11.7. The summed E-state index contributed by atoms with van der Waals surface area (Å²) in [5.41, 5.74) is 3.23. The number of aromatic nitrogens is 3. The van der Waals surface area contributed by atoms with Crippen LogP contribution < -0.4 is 0 Å². The molecule has 4 aromatic rings. The molecule has 4 rings (SSSR count). The van der Waals surface area contributed by atoms with Crippen LogP contribution in [-0.2, 0) is 12.8 Å². The minimum absolute atomic E-state index is 0.266. The maximum atomic E-state index is 12.9. The van der Waals surface area contributed by atoms with Gasteiger partial charge in [-0.25, -0.2) is 9.37 Å². The normalized spacial score (nSPS) is 11.2. The Balaban J connectivity index is 1.60. The number of rotatable bonds is 4. The largest absolute Gasteiger partial charge is 0.441 e. The second-order valence-corrected chi connectivity index (χ2v) is 5.46. The topological polar surface area (TPSA) is 65.0 Å². The van der Waals surface area contributed by atoms with Crippen molar-refractivity contribution in [1.29, 1.82) is 0 Å². The molecule has 2 aromatic carbocycles. The second-order valence-electron chi connectivity index (χ2n) is 5.46. The van der Waals surface area contributed by atoms with Gasteiger partial charge >= 0.3 is 0 Å². The number of benzene rings is 2. The quantitative estimate of drug-likeness (QED) is 0.564. The van der Waals surface area contributed by atoms with E-state index in [1.807, 2.05) is 25.1 Å². The van der Waals surface area contributed by atoms with Crippen molar-refractivity contribution in [2.24, 2.45) is 0 Å². The van der Waals surface area contributed by atoms with Gasteiger partial charge in [-0.3, -0.25) is 0 Å². The van der Waals surface area contributed by atoms with Crippen LogP contribution in [0.4, 0.5) is 4.39 Å². The summed E-state index contributed by atoms with van der Waals surface area (Å²) in [6.07, 6.45) is 1.20. The van der Waals surface area contributed by atoms with Gasteiger partial charge in [0, 0.05) is 12.0 Å². The lowest BCUT2D eigenvalue weighted by molar-refractivity contribution is 0.385. The number of nitrogens with zero attached hydrogens (tertiary/aromatic N) is 3. The number of hydrogen-bond acceptors (Lipinski definition) is 5. The molecule has 0 N–H and O–H groups in total. The van der Waals surface area contributed by atoms with Crippen molar-refractivity contribution in [1.82, 2.24) is 15.1 Å². The first-order valence-corrected chi connectivity index (χ1v) is 7.68. The Morgan fingerprint density at radius 1 is 1.00 bits per heavy atom. The fourth-order valence-corrected chi connectivity index (χ4v) is 2.49. The van der Waals surface area contributed by atoms with Crippen LogP contribution in [0.1, 0.15) is 24.3 Å². The molecule has 2 heterocycles. The summed E-state index contributed by atoms with van der Waals surface area (Å²) in [7, 11) is 0. The monoisotopic (exact) mass is 323 g/mol. The van der Waals surface area contributed by atoms with Crippen LogP contribution in [0.25, 0.3) is 22.5 Å². The third-order valence-corrected chi connectivity index (χ3v) is 3.73. The first kappa shape index (κ1) is 14.6. The number of fused-ring (bicyclic) bond motifs is 1. The van der Waals surface area contributed by atoms with Gasteiger partial charge in [0.25, 0.3) is 0 Å². The summed E-state index contributed by atoms with van der Waals surface area (Å²) >= 11 is 0. The highest BCUT2D eigenvalue weighted by molar-refractivity contribution is 5.78. The Bertz CT molecular complexity index is 989. The maximum absolute atomic E-state index is 12.9. The summed E-state index contributed by atoms with van der Waals surface area (Å²) in [4.78, 5) is 8.81. The summed E-state index contributed by atoms with van der Waals surface area (Å²) in [5.74, 6) is 1.41. The molecule has 0 aliphatic carbocycles. The van der Waals surface area contributed by atoms with E-state index in [1.165, 1.54) is 12.1 Å². The van der Waals surface area contributed by atoms with Gasteiger partial charge in [0.15, 0.2) is 11.5 Å². The molecule has 24 heavy (non-hydrogen) atoms. The van der Waals surface area contributed by atoms with Crippen LogP contribution in [-0.4, -0.2) is 15.1 Å². The van der Waals surface area contributed by atoms with Gasteiger partial charge in [0.2, 0.25) is 11.7 Å². The van der Waals surface area contributed by atoms with Crippen molar-refractivity contribution in [2.75, 3.05) is 0 Å². The van der Waals surface area contributed by atoms with Crippen molar-refractivity contribution in [3.8, 4) is 11.4 Å². The Labute approximate surface area is 137 Å². The van der Waals surface area contributed by atoms with E-state index in [9.17, 15) is 4.39 Å². The summed E-state index contributed by atoms with van der Waals surface area (Å²) in [6.45, 7) is 1.99. The molecule has 0 fully saturated rings. The van der Waals surface area contributed by atoms with Gasteiger partial charge in [0.1, 0.15) is 11.3 Å². The fraction of sp³-hybridized carbons (Fsp3) is 0.167. The van der Waals surface area contributed by atoms with E-state index < -0.39 is 0 Å². The molecule has 0 radical (unpaired) electrons. The van der Waals surface area contributed by atoms with Crippen molar-refractivity contribution < 1.29 is 13.3 Å². The van der Waals surface area contributed by atoms with Crippen LogP contribution in [0.15, 0.2) is 51.4 Å². The predicted octanol–water partition coefficient (Wildman–Crippen LogP) is 4.17. The zero-order valence-electron chi connectivity index (χ0n) is 13.0. The molecule has 0 amide bonds. The number of aryl methyl sites for hydroxylation is 1. The number of halogens is 1. The van der Waals surface area contributed by atoms with Crippen molar-refractivity contribution in [3.63, 3.8) is 0 Å². The Morgan fingerprint density at radius 2 is 1.83 bits per heavy atom. The molecule has 120 valence electrons. The van der Waals surface area contributed by atoms with Crippen LogP contribution in [0.2, 0.25) is 0 Å². The van der Waals surface area contributed by atoms with Crippen LogP contribution in [0, 0.1) is 5.82 Å². The molecule has 0 aliphatic heterocycles. The standard InChI is InChI=1S/C18H14FN3O2/c1-2-16-20-14-10-12(5-8-15(14)23-16)18-21-17(24-22-18)9-11-3-6-13(19)7-4-11/h3-8,10H,2,9H2,1H3. The van der Waals surface area contributed by atoms with E-state index in [-0.39, 0.29) is 5.82 Å². The van der Waals surface area contributed by atoms with Gasteiger partial charge in [-0.2, -0.15) is 4.98 Å². The molecule has 0 spiro atoms. The van der Waals surface area contributed by atoms with Gasteiger partial charge < -0.3 is 8.94 Å². The minimum atomic E-state index is -0.266. The van der Waals surface area contributed by atoms with Gasteiger partial charge in [0.05, 0.1) is 6.42 Å². The minimum Gasteiger partial charge on any atom is -0.441 e. The molecule has 6 heteroatoms. The lowest BCUT2D eigenvalue weighted by Gasteiger charge is -1.95. The molecule has 0 saturated heterocycles. The Kier molecular flexibility index (Phi) is 3.57. The lowest BCUT2D eigenvalue weighted by atomic mass is 10.1. The van der Waals surface area contributed by atoms with Gasteiger partial charge in [-0.15, -0.1) is 0 Å². The average molecular weight is 323 g/mol. The summed E-state index contributed by atoms with van der Waals surface area (Å²) in [5, 5.41) is 4.02. The zero-order chi connectivity index (χ0) is 16.5. The van der Waals surface area contributed by atoms with Gasteiger partial charge in [-0.1, -0.05) is 24.2 Å². The maximum Gasteiger partial charge on any atom is 0.231 e. The summed E-state index contributed by atoms with van der Waals surface area (Å²) in [6, 6.07) is 11.8. The van der Waals surface area contributed by atoms with E-state index in [1.54, 1.807) is 12.1 Å². The molecule has 2 aromatic heterocycles. The smallest absolute Gasteiger partial charge is 0.231 e. The zero-order valence-corrected chi connectivity index (χ0v) is 13.0. The third-order valence-electron chi connectivity index (χ3n) is 3.73. The van der Waals surface area contributed by atoms with Crippen LogP contribution >= 0.6 is 0 Å². The second kappa shape index (κ2) is 5.88. The van der Waals surface area contributed by atoms with Crippen LogP contribution in [0.3, 0.4) is 0 Å². The first-order valence-electron chi connectivity index (χ1n) is 7.68. The van der Waals surface area contributed by atoms with E-state index in [2.05, 4.69) is 15.1 Å². The molecule has 0 saturated carbocycles. The van der Waals surface area contributed by atoms with Crippen molar-refractivity contribution in [3.05, 3.63) is 65.6 Å². The average Bonchev–Trinajstić information content (AvgIpc) is 3.22. The highest BCUT2D eigenvalue weighted by Gasteiger charge is 2.12. The molecular weight excluding hydrogens is 309 g/mol. The van der Waals surface area contributed by atoms with E-state index >= 15 is 0 Å². The van der Waals surface area contributed by atoms with E-state index in [0.29, 0.717) is 24.0 Å². The number of hydrogen-bond donors (Lipinski definition) is 0. The SMILES string of the molecule is CCc1nc2cc(-c3noc(Cc4ccc(F)cc4)n3)ccc2o1. The van der Waals surface area contributed by atoms with Gasteiger partial charge in [-0.05, 0) is 35.9 Å². The predicted molar refractivity (Wildman–Crippen MR) is 85.9 cm³/mol. The molecular formula is C18H14FN3O2. The van der Waals surface area contributed by atoms with E-state index in [0.717, 1.165) is 28.6 Å². The Morgan fingerprint density at radius 3 is 2.62 bits per heavy atom. The van der Waals surface area contributed by atoms with Crippen molar-refractivity contribution in [2.45, 2.75) is 19.8 Å². The fourth-order valence-electron chi connectivity index (χ4n) is 2.49. The highest BCUT2D eigenvalue weighted by Crippen LogP contribution is 2.23. The summed E-state index contributed by atoms with van der Waals surface area (Å²) < 4.78 is 23.8. The lowest BCUT2D eigenvalue weighted by Crippen LogP contribution is -1.89. The molecule has 0 aliphatic rings. The molecule has 5 nitrogen and oxygen atoms in total. The molecule has 0 bridgehead atoms. The van der Waals surface area contributed by atoms with E-state index in [4.69, 9.17) is 8.94 Å². The third kappa shape index (κ3) is 2.78. The number of oxazole rings is 1. The molecule has 0 unspecified atom stereocenters. The van der Waals surface area contributed by atoms with Crippen LogP contribution in [0.5, 0.6) is 0 Å². The molecule has 0 atom stereocenters. The van der Waals surface area contributed by atoms with Crippen molar-refractivity contribution >= 4 is 11.1 Å². The highest BCUT2D eigenvalue weighted by atomic mass is 19.1.